The van der Waals surface area contributed by atoms with E-state index in [1.54, 1.807) is 6.20 Å². The van der Waals surface area contributed by atoms with Crippen LogP contribution in [0.4, 0.5) is 4.39 Å². The average molecular weight is 297 g/mol. The first kappa shape index (κ1) is 14.5. The molecule has 0 aliphatic rings. The van der Waals surface area contributed by atoms with Crippen LogP contribution in [0.25, 0.3) is 0 Å². The first-order valence-corrected chi connectivity index (χ1v) is 6.53. The van der Waals surface area contributed by atoms with Gasteiger partial charge in [-0.25, -0.2) is 9.37 Å². The molecule has 0 spiro atoms. The highest BCUT2D eigenvalue weighted by molar-refractivity contribution is 6.30. The summed E-state index contributed by atoms with van der Waals surface area (Å²) in [5.74, 6) is -0.0143. The number of ether oxygens (including phenoxy) is 1. The summed E-state index contributed by atoms with van der Waals surface area (Å²) >= 11 is 5.66. The second-order valence-electron chi connectivity index (χ2n) is 4.76. The van der Waals surface area contributed by atoms with Crippen molar-refractivity contribution in [3.05, 3.63) is 51.8 Å². The van der Waals surface area contributed by atoms with E-state index in [0.717, 1.165) is 0 Å². The zero-order valence-corrected chi connectivity index (χ0v) is 11.9. The summed E-state index contributed by atoms with van der Waals surface area (Å²) in [7, 11) is 0. The molecule has 2 rings (SSSR count). The van der Waals surface area contributed by atoms with Gasteiger partial charge in [0, 0.05) is 25.0 Å². The maximum absolute atomic E-state index is 13.1. The maximum atomic E-state index is 13.1. The van der Waals surface area contributed by atoms with Crippen LogP contribution in [-0.4, -0.2) is 9.55 Å². The average Bonchev–Trinajstić information content (AvgIpc) is 2.38. The molecule has 0 amide bonds. The highest BCUT2D eigenvalue weighted by atomic mass is 35.5. The van der Waals surface area contributed by atoms with E-state index in [1.165, 1.54) is 29.0 Å². The Morgan fingerprint density at radius 2 is 2.20 bits per heavy atom. The van der Waals surface area contributed by atoms with Gasteiger partial charge in [-0.05, 0) is 18.1 Å². The summed E-state index contributed by atoms with van der Waals surface area (Å²) in [5, 5.41) is -0.0686. The van der Waals surface area contributed by atoms with Gasteiger partial charge in [-0.2, -0.15) is 0 Å². The summed E-state index contributed by atoms with van der Waals surface area (Å²) in [6.45, 7) is 4.59. The lowest BCUT2D eigenvalue weighted by Crippen LogP contribution is -2.23. The van der Waals surface area contributed by atoms with Crippen molar-refractivity contribution in [2.24, 2.45) is 5.92 Å². The van der Waals surface area contributed by atoms with Crippen LogP contribution in [0.5, 0.6) is 11.6 Å². The Kier molecular flexibility index (Phi) is 4.39. The van der Waals surface area contributed by atoms with E-state index in [4.69, 9.17) is 16.3 Å². The summed E-state index contributed by atoms with van der Waals surface area (Å²) in [6.07, 6.45) is 3.09. The highest BCUT2D eigenvalue weighted by Crippen LogP contribution is 2.23. The Hall–Kier alpha value is -1.88. The first-order valence-electron chi connectivity index (χ1n) is 6.15. The molecule has 20 heavy (non-hydrogen) atoms. The van der Waals surface area contributed by atoms with Crippen LogP contribution in [-0.2, 0) is 6.54 Å². The molecule has 0 bridgehead atoms. The van der Waals surface area contributed by atoms with Crippen molar-refractivity contribution in [1.82, 2.24) is 9.55 Å². The van der Waals surface area contributed by atoms with Gasteiger partial charge >= 0.3 is 5.56 Å². The van der Waals surface area contributed by atoms with Crippen molar-refractivity contribution >= 4 is 11.6 Å². The van der Waals surface area contributed by atoms with Crippen molar-refractivity contribution < 1.29 is 9.13 Å². The zero-order chi connectivity index (χ0) is 14.7. The maximum Gasteiger partial charge on any atom is 0.313 e. The van der Waals surface area contributed by atoms with E-state index in [1.807, 2.05) is 13.8 Å². The molecule has 0 N–H and O–H groups in total. The van der Waals surface area contributed by atoms with Crippen molar-refractivity contribution in [1.29, 1.82) is 0 Å². The van der Waals surface area contributed by atoms with Crippen LogP contribution < -0.4 is 10.3 Å². The summed E-state index contributed by atoms with van der Waals surface area (Å²) in [6, 6.07) is 3.87. The van der Waals surface area contributed by atoms with Gasteiger partial charge in [-0.15, -0.1) is 0 Å². The second-order valence-corrected chi connectivity index (χ2v) is 5.17. The minimum Gasteiger partial charge on any atom is -0.435 e. The van der Waals surface area contributed by atoms with Gasteiger partial charge < -0.3 is 9.30 Å². The molecular weight excluding hydrogens is 283 g/mol. The molecule has 0 fully saturated rings. The topological polar surface area (TPSA) is 44.1 Å². The van der Waals surface area contributed by atoms with E-state index >= 15 is 0 Å². The van der Waals surface area contributed by atoms with Gasteiger partial charge in [-0.3, -0.25) is 4.79 Å². The normalized spacial score (nSPS) is 10.8. The van der Waals surface area contributed by atoms with Crippen LogP contribution in [0, 0.1) is 11.7 Å². The third-order valence-corrected chi connectivity index (χ3v) is 2.84. The molecule has 106 valence electrons. The number of aromatic nitrogens is 2. The van der Waals surface area contributed by atoms with Crippen molar-refractivity contribution in [3.8, 4) is 11.6 Å². The van der Waals surface area contributed by atoms with Crippen molar-refractivity contribution in [3.63, 3.8) is 0 Å². The monoisotopic (exact) mass is 296 g/mol. The lowest BCUT2D eigenvalue weighted by atomic mass is 10.2. The number of hydrogen-bond donors (Lipinski definition) is 0. The molecule has 4 nitrogen and oxygen atoms in total. The molecule has 0 radical (unpaired) electrons. The Bertz CT molecular complexity index is 670. The van der Waals surface area contributed by atoms with Gasteiger partial charge in [0.25, 0.3) is 5.88 Å². The molecule has 1 aromatic carbocycles. The number of nitrogens with zero attached hydrogens (tertiary/aromatic N) is 2. The van der Waals surface area contributed by atoms with Gasteiger partial charge in [0.15, 0.2) is 0 Å². The predicted molar refractivity (Wildman–Crippen MR) is 74.8 cm³/mol. The lowest BCUT2D eigenvalue weighted by molar-refractivity contribution is 0.431. The molecule has 6 heteroatoms. The van der Waals surface area contributed by atoms with E-state index in [0.29, 0.717) is 12.5 Å². The van der Waals surface area contributed by atoms with Gasteiger partial charge in [-0.1, -0.05) is 25.4 Å². The fourth-order valence-electron chi connectivity index (χ4n) is 1.69. The highest BCUT2D eigenvalue weighted by Gasteiger charge is 2.10. The third-order valence-electron chi connectivity index (χ3n) is 2.55. The molecule has 0 saturated carbocycles. The smallest absolute Gasteiger partial charge is 0.313 e. The standard InChI is InChI=1S/C14H14ClFN2O2/c1-9(2)8-18-6-5-17-13(14(18)19)20-10-3-4-12(16)11(15)7-10/h3-7,9H,8H2,1-2H3. The molecule has 1 heterocycles. The molecule has 0 atom stereocenters. The van der Waals surface area contributed by atoms with Crippen LogP contribution in [0.15, 0.2) is 35.4 Å². The van der Waals surface area contributed by atoms with Gasteiger partial charge in [0.05, 0.1) is 5.02 Å². The van der Waals surface area contributed by atoms with E-state index in [9.17, 15) is 9.18 Å². The first-order chi connectivity index (χ1) is 9.47. The lowest BCUT2D eigenvalue weighted by Gasteiger charge is -2.10. The summed E-state index contributed by atoms with van der Waals surface area (Å²) < 4.78 is 20.0. The quantitative estimate of drug-likeness (QED) is 0.867. The molecule has 2 aromatic rings. The van der Waals surface area contributed by atoms with E-state index < -0.39 is 5.82 Å². The Balaban J connectivity index is 2.29. The van der Waals surface area contributed by atoms with Crippen molar-refractivity contribution in [2.45, 2.75) is 20.4 Å². The summed E-state index contributed by atoms with van der Waals surface area (Å²) in [4.78, 5) is 16.0. The molecule has 1 aromatic heterocycles. The fraction of sp³-hybridized carbons (Fsp3) is 0.286. The minimum absolute atomic E-state index is 0.0594. The SMILES string of the molecule is CC(C)Cn1ccnc(Oc2ccc(F)c(Cl)c2)c1=O. The van der Waals surface area contributed by atoms with E-state index in [-0.39, 0.29) is 22.2 Å². The Morgan fingerprint density at radius 1 is 1.45 bits per heavy atom. The number of rotatable bonds is 4. The van der Waals surface area contributed by atoms with Gasteiger partial charge in [0.1, 0.15) is 11.6 Å². The minimum atomic E-state index is -0.544. The molecule has 0 unspecified atom stereocenters. The van der Waals surface area contributed by atoms with Crippen LogP contribution >= 0.6 is 11.6 Å². The number of halogens is 2. The van der Waals surface area contributed by atoms with Crippen LogP contribution in [0.2, 0.25) is 5.02 Å². The Morgan fingerprint density at radius 3 is 2.85 bits per heavy atom. The molecule has 0 saturated heterocycles. The third kappa shape index (κ3) is 3.36. The molecule has 0 aliphatic carbocycles. The number of benzene rings is 1. The van der Waals surface area contributed by atoms with Crippen LogP contribution in [0.1, 0.15) is 13.8 Å². The molecular formula is C14H14ClFN2O2. The fourth-order valence-corrected chi connectivity index (χ4v) is 1.86. The zero-order valence-electron chi connectivity index (χ0n) is 11.1. The van der Waals surface area contributed by atoms with Crippen molar-refractivity contribution in [2.75, 3.05) is 0 Å². The number of hydrogen-bond acceptors (Lipinski definition) is 3. The van der Waals surface area contributed by atoms with E-state index in [2.05, 4.69) is 4.98 Å². The molecule has 0 aliphatic heterocycles. The predicted octanol–water partition coefficient (Wildman–Crippen LogP) is 3.48. The van der Waals surface area contributed by atoms with Crippen LogP contribution in [0.3, 0.4) is 0 Å². The Labute approximate surface area is 120 Å². The second kappa shape index (κ2) is 6.05. The largest absolute Gasteiger partial charge is 0.435 e. The summed E-state index contributed by atoms with van der Waals surface area (Å²) in [5.41, 5.74) is -0.332. The van der Waals surface area contributed by atoms with Gasteiger partial charge in [0.2, 0.25) is 0 Å².